The first-order chi connectivity index (χ1) is 8.31. The highest BCUT2D eigenvalue weighted by Gasteiger charge is 2.17. The van der Waals surface area contributed by atoms with Crippen LogP contribution in [0.3, 0.4) is 0 Å². The zero-order valence-corrected chi connectivity index (χ0v) is 9.35. The normalized spacial score (nSPS) is 19.9. The molecule has 0 aromatic carbocycles. The van der Waals surface area contributed by atoms with Crippen molar-refractivity contribution in [2.24, 2.45) is 5.92 Å². The summed E-state index contributed by atoms with van der Waals surface area (Å²) in [5, 5.41) is 0.857. The molecule has 5 nitrogen and oxygen atoms in total. The highest BCUT2D eigenvalue weighted by molar-refractivity contribution is 5.72. The molecule has 0 bridgehead atoms. The van der Waals surface area contributed by atoms with Crippen molar-refractivity contribution in [1.82, 2.24) is 15.0 Å². The topological polar surface area (TPSA) is 67.9 Å². The SMILES string of the molecule is O=c1ccc2cnc(CC3CCOC3)nc2[nH]1. The Morgan fingerprint density at radius 2 is 2.41 bits per heavy atom. The van der Waals surface area contributed by atoms with Gasteiger partial charge in [0.05, 0.1) is 0 Å². The zero-order chi connectivity index (χ0) is 11.7. The van der Waals surface area contributed by atoms with E-state index in [0.29, 0.717) is 11.6 Å². The Morgan fingerprint density at radius 1 is 1.47 bits per heavy atom. The van der Waals surface area contributed by atoms with E-state index in [2.05, 4.69) is 15.0 Å². The van der Waals surface area contributed by atoms with E-state index in [1.54, 1.807) is 12.3 Å². The smallest absolute Gasteiger partial charge is 0.249 e. The van der Waals surface area contributed by atoms with Gasteiger partial charge in [-0.2, -0.15) is 0 Å². The van der Waals surface area contributed by atoms with Crippen LogP contribution < -0.4 is 5.56 Å². The van der Waals surface area contributed by atoms with E-state index in [4.69, 9.17) is 4.74 Å². The fraction of sp³-hybridized carbons (Fsp3) is 0.417. The lowest BCUT2D eigenvalue weighted by Gasteiger charge is -2.06. The molecule has 0 saturated carbocycles. The number of nitrogens with zero attached hydrogens (tertiary/aromatic N) is 2. The van der Waals surface area contributed by atoms with Crippen LogP contribution in [-0.2, 0) is 11.2 Å². The van der Waals surface area contributed by atoms with Crippen LogP contribution in [0.15, 0.2) is 23.1 Å². The molecular formula is C12H13N3O2. The minimum absolute atomic E-state index is 0.133. The van der Waals surface area contributed by atoms with Gasteiger partial charge in [-0.3, -0.25) is 4.79 Å². The van der Waals surface area contributed by atoms with Gasteiger partial charge >= 0.3 is 0 Å². The minimum Gasteiger partial charge on any atom is -0.381 e. The van der Waals surface area contributed by atoms with Crippen LogP contribution >= 0.6 is 0 Å². The molecule has 17 heavy (non-hydrogen) atoms. The Morgan fingerprint density at radius 3 is 3.24 bits per heavy atom. The summed E-state index contributed by atoms with van der Waals surface area (Å²) in [7, 11) is 0. The van der Waals surface area contributed by atoms with Crippen LogP contribution in [0.25, 0.3) is 11.0 Å². The van der Waals surface area contributed by atoms with Crippen molar-refractivity contribution in [3.63, 3.8) is 0 Å². The Hall–Kier alpha value is -1.75. The average molecular weight is 231 g/mol. The highest BCUT2D eigenvalue weighted by atomic mass is 16.5. The van der Waals surface area contributed by atoms with Crippen molar-refractivity contribution in [3.05, 3.63) is 34.5 Å². The fourth-order valence-corrected chi connectivity index (χ4v) is 2.07. The number of aromatic nitrogens is 3. The van der Waals surface area contributed by atoms with Gasteiger partial charge in [0, 0.05) is 37.3 Å². The first kappa shape index (κ1) is 10.4. The van der Waals surface area contributed by atoms with E-state index in [-0.39, 0.29) is 5.56 Å². The Kier molecular flexibility index (Phi) is 2.60. The van der Waals surface area contributed by atoms with Gasteiger partial charge < -0.3 is 9.72 Å². The van der Waals surface area contributed by atoms with Crippen LogP contribution in [0.2, 0.25) is 0 Å². The van der Waals surface area contributed by atoms with Gasteiger partial charge in [0.15, 0.2) is 0 Å². The van der Waals surface area contributed by atoms with Crippen molar-refractivity contribution < 1.29 is 4.74 Å². The van der Waals surface area contributed by atoms with E-state index >= 15 is 0 Å². The molecule has 1 aliphatic rings. The Bertz CT molecular complexity index is 588. The lowest BCUT2D eigenvalue weighted by atomic mass is 10.1. The molecular weight excluding hydrogens is 218 g/mol. The molecule has 3 heterocycles. The Labute approximate surface area is 97.9 Å². The number of hydrogen-bond donors (Lipinski definition) is 1. The van der Waals surface area contributed by atoms with Crippen LogP contribution in [0.4, 0.5) is 0 Å². The van der Waals surface area contributed by atoms with E-state index in [1.807, 2.05) is 0 Å². The maximum atomic E-state index is 11.2. The van der Waals surface area contributed by atoms with Crippen molar-refractivity contribution in [2.45, 2.75) is 12.8 Å². The number of H-pyrrole nitrogens is 1. The molecule has 1 unspecified atom stereocenters. The number of aromatic amines is 1. The van der Waals surface area contributed by atoms with Gasteiger partial charge in [-0.05, 0) is 18.4 Å². The van der Waals surface area contributed by atoms with E-state index < -0.39 is 0 Å². The quantitative estimate of drug-likeness (QED) is 0.833. The van der Waals surface area contributed by atoms with Crippen LogP contribution in [-0.4, -0.2) is 28.2 Å². The number of nitrogens with one attached hydrogen (secondary N) is 1. The number of ether oxygens (including phenoxy) is 1. The molecule has 0 radical (unpaired) electrons. The monoisotopic (exact) mass is 231 g/mol. The van der Waals surface area contributed by atoms with Crippen molar-refractivity contribution in [2.75, 3.05) is 13.2 Å². The third-order valence-electron chi connectivity index (χ3n) is 3.02. The maximum absolute atomic E-state index is 11.2. The summed E-state index contributed by atoms with van der Waals surface area (Å²) in [6.45, 7) is 1.61. The molecule has 3 rings (SSSR count). The molecule has 2 aromatic rings. The van der Waals surface area contributed by atoms with Crippen molar-refractivity contribution in [3.8, 4) is 0 Å². The summed E-state index contributed by atoms with van der Waals surface area (Å²) in [5.74, 6) is 1.28. The number of rotatable bonds is 2. The molecule has 1 fully saturated rings. The van der Waals surface area contributed by atoms with Gasteiger partial charge in [-0.25, -0.2) is 9.97 Å². The second kappa shape index (κ2) is 4.25. The van der Waals surface area contributed by atoms with Crippen molar-refractivity contribution in [1.29, 1.82) is 0 Å². The molecule has 2 aromatic heterocycles. The second-order valence-electron chi connectivity index (χ2n) is 4.35. The van der Waals surface area contributed by atoms with Crippen molar-refractivity contribution >= 4 is 11.0 Å². The summed E-state index contributed by atoms with van der Waals surface area (Å²) in [4.78, 5) is 22.6. The molecule has 0 amide bonds. The molecule has 88 valence electrons. The highest BCUT2D eigenvalue weighted by Crippen LogP contribution is 2.16. The molecule has 1 atom stereocenters. The molecule has 1 N–H and O–H groups in total. The minimum atomic E-state index is -0.133. The second-order valence-corrected chi connectivity index (χ2v) is 4.35. The van der Waals surface area contributed by atoms with Crippen LogP contribution in [0.5, 0.6) is 0 Å². The fourth-order valence-electron chi connectivity index (χ4n) is 2.07. The van der Waals surface area contributed by atoms with E-state index in [0.717, 1.165) is 37.3 Å². The molecule has 1 aliphatic heterocycles. The molecule has 0 spiro atoms. The first-order valence-corrected chi connectivity index (χ1v) is 5.74. The van der Waals surface area contributed by atoms with Gasteiger partial charge in [-0.15, -0.1) is 0 Å². The van der Waals surface area contributed by atoms with Crippen LogP contribution in [0, 0.1) is 5.92 Å². The zero-order valence-electron chi connectivity index (χ0n) is 9.35. The summed E-state index contributed by atoms with van der Waals surface area (Å²) in [6.07, 6.45) is 3.63. The molecule has 5 heteroatoms. The third kappa shape index (κ3) is 2.19. The van der Waals surface area contributed by atoms with Gasteiger partial charge in [0.25, 0.3) is 0 Å². The lowest BCUT2D eigenvalue weighted by Crippen LogP contribution is -2.09. The van der Waals surface area contributed by atoms with E-state index in [9.17, 15) is 4.79 Å². The number of hydrogen-bond acceptors (Lipinski definition) is 4. The largest absolute Gasteiger partial charge is 0.381 e. The molecule has 1 saturated heterocycles. The van der Waals surface area contributed by atoms with E-state index in [1.165, 1.54) is 6.07 Å². The summed E-state index contributed by atoms with van der Waals surface area (Å²) in [6, 6.07) is 3.22. The predicted molar refractivity (Wildman–Crippen MR) is 62.8 cm³/mol. The standard InChI is InChI=1S/C12H13N3O2/c16-11-2-1-9-6-13-10(14-12(9)15-11)5-8-3-4-17-7-8/h1-2,6,8H,3-5,7H2,(H,13,14,15,16). The Balaban J connectivity index is 1.92. The van der Waals surface area contributed by atoms with Gasteiger partial charge in [-0.1, -0.05) is 0 Å². The van der Waals surface area contributed by atoms with Gasteiger partial charge in [0.1, 0.15) is 11.5 Å². The van der Waals surface area contributed by atoms with Gasteiger partial charge in [0.2, 0.25) is 5.56 Å². The summed E-state index contributed by atoms with van der Waals surface area (Å²) < 4.78 is 5.32. The first-order valence-electron chi connectivity index (χ1n) is 5.74. The molecule has 0 aliphatic carbocycles. The number of fused-ring (bicyclic) bond motifs is 1. The predicted octanol–water partition coefficient (Wildman–Crippen LogP) is 0.897. The van der Waals surface area contributed by atoms with Crippen LogP contribution in [0.1, 0.15) is 12.2 Å². The average Bonchev–Trinajstić information content (AvgIpc) is 2.81. The summed E-state index contributed by atoms with van der Waals surface area (Å²) >= 11 is 0. The summed E-state index contributed by atoms with van der Waals surface area (Å²) in [5.41, 5.74) is 0.479. The third-order valence-corrected chi connectivity index (χ3v) is 3.02. The maximum Gasteiger partial charge on any atom is 0.249 e. The number of pyridine rings is 1. The lowest BCUT2D eigenvalue weighted by molar-refractivity contribution is 0.185.